The first-order chi connectivity index (χ1) is 43.2. The molecule has 17 nitrogen and oxygen atoms in total. The van der Waals surface area contributed by atoms with E-state index in [2.05, 4.69) is 48.5 Å². The molecule has 0 aliphatic carbocycles. The second kappa shape index (κ2) is 61.9. The Hall–Kier alpha value is -1.94. The summed E-state index contributed by atoms with van der Waals surface area (Å²) in [5.41, 5.74) is 0. The standard InChI is InChI=1S/C71H138O17P2/c1-8-9-10-11-12-13-24-31-38-45-52-68(73)81-59-67(88-71(76)55-48-41-34-27-30-37-44-51-64(6)7)61-86-90(79,80)84-57-65(72)56-83-89(77,78)85-60-66(58-82-69(74)53-46-39-32-25-21-20-23-29-36-43-50-63(4)5)87-70(75)54-47-40-33-26-19-17-15-14-16-18-22-28-35-42-49-62(2)3/h62-67,72H,8-61H2,1-7H3,(H,77,78)(H,79,80)/t65-,66-,67-/m1/s1. The van der Waals surface area contributed by atoms with Crippen molar-refractivity contribution in [1.29, 1.82) is 0 Å². The summed E-state index contributed by atoms with van der Waals surface area (Å²) >= 11 is 0. The first-order valence-corrected chi connectivity index (χ1v) is 39.8. The van der Waals surface area contributed by atoms with Crippen LogP contribution in [0.1, 0.15) is 357 Å². The fourth-order valence-electron chi connectivity index (χ4n) is 10.7. The fraction of sp³-hybridized carbons (Fsp3) is 0.944. The van der Waals surface area contributed by atoms with E-state index < -0.39 is 97.5 Å². The summed E-state index contributed by atoms with van der Waals surface area (Å²) in [5.74, 6) is 0.123. The summed E-state index contributed by atoms with van der Waals surface area (Å²) < 4.78 is 68.3. The van der Waals surface area contributed by atoms with Crippen molar-refractivity contribution in [3.8, 4) is 0 Å². The molecule has 0 aromatic rings. The van der Waals surface area contributed by atoms with Crippen LogP contribution in [0.4, 0.5) is 0 Å². The zero-order chi connectivity index (χ0) is 66.6. The van der Waals surface area contributed by atoms with Gasteiger partial charge in [-0.3, -0.25) is 37.3 Å². The van der Waals surface area contributed by atoms with Gasteiger partial charge in [0, 0.05) is 25.7 Å². The molecule has 5 atom stereocenters. The van der Waals surface area contributed by atoms with Crippen LogP contribution in [0.5, 0.6) is 0 Å². The number of aliphatic hydroxyl groups is 1. The molecule has 0 spiro atoms. The summed E-state index contributed by atoms with van der Waals surface area (Å²) in [6.45, 7) is 11.8. The number of esters is 4. The van der Waals surface area contributed by atoms with Gasteiger partial charge in [0.2, 0.25) is 0 Å². The molecule has 0 amide bonds. The number of unbranched alkanes of at least 4 members (excludes halogenated alkanes) is 37. The lowest BCUT2D eigenvalue weighted by Crippen LogP contribution is -2.30. The monoisotopic (exact) mass is 1320 g/mol. The Kier molecular flexibility index (Phi) is 60.6. The first kappa shape index (κ1) is 88.1. The molecular weight excluding hydrogens is 1190 g/mol. The molecule has 0 rings (SSSR count). The van der Waals surface area contributed by atoms with Gasteiger partial charge in [0.1, 0.15) is 19.3 Å². The molecule has 0 aromatic heterocycles. The van der Waals surface area contributed by atoms with Gasteiger partial charge in [0.05, 0.1) is 26.4 Å². The van der Waals surface area contributed by atoms with E-state index in [1.165, 1.54) is 167 Å². The Morgan fingerprint density at radius 2 is 0.511 bits per heavy atom. The third kappa shape index (κ3) is 64.8. The molecule has 0 saturated heterocycles. The zero-order valence-electron chi connectivity index (χ0n) is 58.6. The van der Waals surface area contributed by atoms with E-state index in [1.807, 2.05) is 0 Å². The van der Waals surface area contributed by atoms with E-state index in [9.17, 15) is 43.2 Å². The van der Waals surface area contributed by atoms with E-state index in [1.54, 1.807) is 0 Å². The van der Waals surface area contributed by atoms with Gasteiger partial charge < -0.3 is 33.8 Å². The van der Waals surface area contributed by atoms with E-state index in [0.29, 0.717) is 31.6 Å². The molecule has 0 bridgehead atoms. The van der Waals surface area contributed by atoms with Crippen molar-refractivity contribution in [3.63, 3.8) is 0 Å². The van der Waals surface area contributed by atoms with Gasteiger partial charge in [-0.25, -0.2) is 9.13 Å². The minimum absolute atomic E-state index is 0.103. The smallest absolute Gasteiger partial charge is 0.462 e. The largest absolute Gasteiger partial charge is 0.472 e. The van der Waals surface area contributed by atoms with Crippen LogP contribution in [-0.2, 0) is 65.4 Å². The van der Waals surface area contributed by atoms with Gasteiger partial charge >= 0.3 is 39.5 Å². The Morgan fingerprint density at radius 3 is 0.756 bits per heavy atom. The summed E-state index contributed by atoms with van der Waals surface area (Å²) in [5, 5.41) is 10.6. The maximum atomic E-state index is 13.0. The number of phosphoric ester groups is 2. The number of carbonyl (C=O) groups is 4. The normalized spacial score (nSPS) is 14.2. The van der Waals surface area contributed by atoms with Crippen LogP contribution in [0.15, 0.2) is 0 Å². The number of phosphoric acid groups is 2. The Labute approximate surface area is 549 Å². The van der Waals surface area contributed by atoms with Crippen molar-refractivity contribution in [2.24, 2.45) is 17.8 Å². The van der Waals surface area contributed by atoms with Crippen LogP contribution in [0.3, 0.4) is 0 Å². The second-order valence-electron chi connectivity index (χ2n) is 27.1. The molecule has 19 heteroatoms. The molecule has 0 fully saturated rings. The highest BCUT2D eigenvalue weighted by molar-refractivity contribution is 7.47. The van der Waals surface area contributed by atoms with Crippen molar-refractivity contribution in [1.82, 2.24) is 0 Å². The van der Waals surface area contributed by atoms with Gasteiger partial charge in [0.15, 0.2) is 12.2 Å². The third-order valence-electron chi connectivity index (χ3n) is 16.4. The van der Waals surface area contributed by atoms with Crippen LogP contribution < -0.4 is 0 Å². The fourth-order valence-corrected chi connectivity index (χ4v) is 12.3. The topological polar surface area (TPSA) is 237 Å². The van der Waals surface area contributed by atoms with Crippen LogP contribution in [-0.4, -0.2) is 96.7 Å². The molecule has 534 valence electrons. The minimum atomic E-state index is -4.95. The maximum absolute atomic E-state index is 13.0. The zero-order valence-corrected chi connectivity index (χ0v) is 60.4. The lowest BCUT2D eigenvalue weighted by atomic mass is 10.0. The van der Waals surface area contributed by atoms with Crippen LogP contribution >= 0.6 is 15.6 Å². The van der Waals surface area contributed by atoms with Gasteiger partial charge in [-0.2, -0.15) is 0 Å². The highest BCUT2D eigenvalue weighted by atomic mass is 31.2. The Balaban J connectivity index is 5.23. The summed E-state index contributed by atoms with van der Waals surface area (Å²) in [4.78, 5) is 72.5. The van der Waals surface area contributed by atoms with E-state index in [-0.39, 0.29) is 25.7 Å². The first-order valence-electron chi connectivity index (χ1n) is 36.8. The average Bonchev–Trinajstić information content (AvgIpc) is 3.71. The van der Waals surface area contributed by atoms with E-state index in [0.717, 1.165) is 102 Å². The lowest BCUT2D eigenvalue weighted by Gasteiger charge is -2.21. The SMILES string of the molecule is CCCCCCCCCCCCC(=O)OC[C@H](COP(=O)(O)OC[C@H](O)COP(=O)(O)OC[C@@H](COC(=O)CCCCCCCCCCCCC(C)C)OC(=O)CCCCCCCCCCCCCCCCC(C)C)OC(=O)CCCCCCCCCC(C)C. The van der Waals surface area contributed by atoms with Crippen molar-refractivity contribution >= 4 is 39.5 Å². The summed E-state index contributed by atoms with van der Waals surface area (Å²) in [6, 6.07) is 0. The highest BCUT2D eigenvalue weighted by Crippen LogP contribution is 2.45. The van der Waals surface area contributed by atoms with Crippen molar-refractivity contribution in [2.75, 3.05) is 39.6 Å². The van der Waals surface area contributed by atoms with E-state index in [4.69, 9.17) is 37.0 Å². The summed E-state index contributed by atoms with van der Waals surface area (Å²) in [7, 11) is -9.90. The number of hydrogen-bond acceptors (Lipinski definition) is 15. The minimum Gasteiger partial charge on any atom is -0.462 e. The number of aliphatic hydroxyl groups excluding tert-OH is 1. The number of hydrogen-bond donors (Lipinski definition) is 3. The van der Waals surface area contributed by atoms with Crippen LogP contribution in [0, 0.1) is 17.8 Å². The molecule has 0 aliphatic heterocycles. The molecular formula is C71H138O17P2. The van der Waals surface area contributed by atoms with Crippen molar-refractivity contribution in [3.05, 3.63) is 0 Å². The van der Waals surface area contributed by atoms with Gasteiger partial charge in [-0.15, -0.1) is 0 Å². The van der Waals surface area contributed by atoms with E-state index >= 15 is 0 Å². The summed E-state index contributed by atoms with van der Waals surface area (Å²) in [6.07, 6.45) is 45.9. The number of carbonyl (C=O) groups excluding carboxylic acids is 4. The average molecular weight is 1330 g/mol. The lowest BCUT2D eigenvalue weighted by molar-refractivity contribution is -0.161. The van der Waals surface area contributed by atoms with Crippen molar-refractivity contribution in [2.45, 2.75) is 375 Å². The van der Waals surface area contributed by atoms with Crippen molar-refractivity contribution < 1.29 is 80.2 Å². The maximum Gasteiger partial charge on any atom is 0.472 e. The van der Waals surface area contributed by atoms with Crippen LogP contribution in [0.2, 0.25) is 0 Å². The molecule has 0 saturated carbocycles. The van der Waals surface area contributed by atoms with Gasteiger partial charge in [-0.05, 0) is 43.4 Å². The molecule has 2 unspecified atom stereocenters. The predicted octanol–water partition coefficient (Wildman–Crippen LogP) is 20.2. The van der Waals surface area contributed by atoms with Gasteiger partial charge in [-0.1, -0.05) is 305 Å². The molecule has 90 heavy (non-hydrogen) atoms. The molecule has 0 heterocycles. The third-order valence-corrected chi connectivity index (χ3v) is 18.3. The Morgan fingerprint density at radius 1 is 0.300 bits per heavy atom. The highest BCUT2D eigenvalue weighted by Gasteiger charge is 2.30. The van der Waals surface area contributed by atoms with Gasteiger partial charge in [0.25, 0.3) is 0 Å². The number of rotatable bonds is 69. The molecule has 0 radical (unpaired) electrons. The molecule has 0 aromatic carbocycles. The molecule has 3 N–H and O–H groups in total. The number of ether oxygens (including phenoxy) is 4. The second-order valence-corrected chi connectivity index (χ2v) is 30.0. The molecule has 0 aliphatic rings. The quantitative estimate of drug-likeness (QED) is 0.0222. The van der Waals surface area contributed by atoms with Crippen LogP contribution in [0.25, 0.3) is 0 Å². The predicted molar refractivity (Wildman–Crippen MR) is 363 cm³/mol. The Bertz CT molecular complexity index is 1770.